The quantitative estimate of drug-likeness (QED) is 0.872. The highest BCUT2D eigenvalue weighted by Gasteiger charge is 2.23. The van der Waals surface area contributed by atoms with Crippen molar-refractivity contribution < 1.29 is 18.3 Å². The monoisotopic (exact) mass is 303 g/mol. The molecule has 1 aliphatic rings. The summed E-state index contributed by atoms with van der Waals surface area (Å²) in [6.07, 6.45) is 3.17. The number of halogens is 1. The third kappa shape index (κ3) is 3.26. The molecule has 0 aliphatic heterocycles. The second-order valence-corrected chi connectivity index (χ2v) is 6.74. The molecule has 0 aromatic heterocycles. The van der Waals surface area contributed by atoms with Gasteiger partial charge >= 0.3 is 5.97 Å². The van der Waals surface area contributed by atoms with Gasteiger partial charge in [0.25, 0.3) is 0 Å². The highest BCUT2D eigenvalue weighted by atomic mass is 35.5. The fourth-order valence-corrected chi connectivity index (χ4v) is 3.48. The van der Waals surface area contributed by atoms with E-state index in [1.807, 2.05) is 0 Å². The summed E-state index contributed by atoms with van der Waals surface area (Å²) < 4.78 is 26.6. The molecular formula is C12H14ClNO4S. The van der Waals surface area contributed by atoms with Crippen LogP contribution in [0, 0.1) is 5.92 Å². The van der Waals surface area contributed by atoms with E-state index >= 15 is 0 Å². The minimum atomic E-state index is -3.76. The number of carboxylic acid groups (broad SMARTS) is 1. The minimum Gasteiger partial charge on any atom is -0.478 e. The van der Waals surface area contributed by atoms with Gasteiger partial charge in [0.1, 0.15) is 4.90 Å². The molecule has 2 N–H and O–H groups in total. The highest BCUT2D eigenvalue weighted by molar-refractivity contribution is 7.89. The van der Waals surface area contributed by atoms with Crippen LogP contribution in [0.1, 0.15) is 29.6 Å². The average Bonchev–Trinajstić information content (AvgIpc) is 2.26. The number of carboxylic acids is 1. The van der Waals surface area contributed by atoms with Gasteiger partial charge in [-0.05, 0) is 37.0 Å². The van der Waals surface area contributed by atoms with Crippen molar-refractivity contribution in [3.63, 3.8) is 0 Å². The Labute approximate surface area is 116 Å². The van der Waals surface area contributed by atoms with E-state index in [2.05, 4.69) is 4.72 Å². The van der Waals surface area contributed by atoms with Crippen molar-refractivity contribution in [1.29, 1.82) is 0 Å². The lowest BCUT2D eigenvalue weighted by atomic mass is 9.86. The van der Waals surface area contributed by atoms with Crippen molar-refractivity contribution in [2.75, 3.05) is 6.54 Å². The molecule has 0 spiro atoms. The van der Waals surface area contributed by atoms with Crippen LogP contribution in [0.25, 0.3) is 0 Å². The molecular weight excluding hydrogens is 290 g/mol. The van der Waals surface area contributed by atoms with Crippen molar-refractivity contribution in [1.82, 2.24) is 4.72 Å². The van der Waals surface area contributed by atoms with Gasteiger partial charge in [-0.3, -0.25) is 0 Å². The summed E-state index contributed by atoms with van der Waals surface area (Å²) in [5, 5.41) is 8.89. The van der Waals surface area contributed by atoms with Gasteiger partial charge in [0, 0.05) is 6.54 Å². The molecule has 2 rings (SSSR count). The molecule has 1 fully saturated rings. The number of aromatic carboxylic acids is 1. The fourth-order valence-electron chi connectivity index (χ4n) is 1.84. The van der Waals surface area contributed by atoms with Crippen LogP contribution in [-0.2, 0) is 10.0 Å². The Hall–Kier alpha value is -1.11. The smallest absolute Gasteiger partial charge is 0.335 e. The molecule has 1 aromatic carbocycles. The van der Waals surface area contributed by atoms with E-state index in [0.717, 1.165) is 25.3 Å². The van der Waals surface area contributed by atoms with Gasteiger partial charge in [0.2, 0.25) is 10.0 Å². The molecule has 0 bridgehead atoms. The van der Waals surface area contributed by atoms with E-state index in [1.165, 1.54) is 12.1 Å². The number of nitrogens with one attached hydrogen (secondary N) is 1. The van der Waals surface area contributed by atoms with Gasteiger partial charge in [-0.2, -0.15) is 0 Å². The average molecular weight is 304 g/mol. The van der Waals surface area contributed by atoms with Crippen LogP contribution < -0.4 is 4.72 Å². The Morgan fingerprint density at radius 1 is 1.42 bits per heavy atom. The van der Waals surface area contributed by atoms with Crippen molar-refractivity contribution >= 4 is 27.6 Å². The van der Waals surface area contributed by atoms with E-state index in [9.17, 15) is 13.2 Å². The van der Waals surface area contributed by atoms with E-state index < -0.39 is 16.0 Å². The molecule has 7 heteroatoms. The zero-order valence-electron chi connectivity index (χ0n) is 10.1. The molecule has 19 heavy (non-hydrogen) atoms. The number of hydrogen-bond acceptors (Lipinski definition) is 3. The lowest BCUT2D eigenvalue weighted by molar-refractivity contribution is 0.0696. The Balaban J connectivity index is 2.22. The first kappa shape index (κ1) is 14.3. The zero-order valence-corrected chi connectivity index (χ0v) is 11.7. The summed E-state index contributed by atoms with van der Waals surface area (Å²) in [7, 11) is -3.76. The zero-order chi connectivity index (χ0) is 14.0. The molecule has 0 saturated heterocycles. The molecule has 0 radical (unpaired) electrons. The predicted octanol–water partition coefficient (Wildman–Crippen LogP) is 2.12. The van der Waals surface area contributed by atoms with Crippen LogP contribution in [-0.4, -0.2) is 26.0 Å². The number of carbonyl (C=O) groups is 1. The number of hydrogen-bond donors (Lipinski definition) is 2. The Bertz CT molecular complexity index is 596. The standard InChI is InChI=1S/C12H14ClNO4S/c13-10-5-4-9(12(15)16)6-11(10)19(17,18)14-7-8-2-1-3-8/h4-6,8,14H,1-3,7H2,(H,15,16). The first-order chi connectivity index (χ1) is 8.90. The molecule has 104 valence electrons. The lowest BCUT2D eigenvalue weighted by Crippen LogP contribution is -2.32. The summed E-state index contributed by atoms with van der Waals surface area (Å²) in [5.41, 5.74) is -0.103. The van der Waals surface area contributed by atoms with Crippen LogP contribution in [0.5, 0.6) is 0 Å². The number of rotatable bonds is 5. The summed E-state index contributed by atoms with van der Waals surface area (Å²) in [5.74, 6) is -0.816. The molecule has 0 heterocycles. The van der Waals surface area contributed by atoms with Gasteiger partial charge in [-0.1, -0.05) is 18.0 Å². The molecule has 1 saturated carbocycles. The summed E-state index contributed by atoms with van der Waals surface area (Å²) >= 11 is 5.84. The van der Waals surface area contributed by atoms with Crippen molar-refractivity contribution in [2.24, 2.45) is 5.92 Å². The molecule has 0 amide bonds. The topological polar surface area (TPSA) is 83.5 Å². The van der Waals surface area contributed by atoms with Crippen molar-refractivity contribution in [2.45, 2.75) is 24.2 Å². The Morgan fingerprint density at radius 2 is 2.11 bits per heavy atom. The Kier molecular flexibility index (Phi) is 4.13. The summed E-state index contributed by atoms with van der Waals surface area (Å²) in [4.78, 5) is 10.7. The highest BCUT2D eigenvalue weighted by Crippen LogP contribution is 2.27. The SMILES string of the molecule is O=C(O)c1ccc(Cl)c(S(=O)(=O)NCC2CCC2)c1. The summed E-state index contributed by atoms with van der Waals surface area (Å²) in [6, 6.07) is 3.63. The van der Waals surface area contributed by atoms with Crippen LogP contribution in [0.2, 0.25) is 5.02 Å². The molecule has 0 unspecified atom stereocenters. The molecule has 1 aliphatic carbocycles. The van der Waals surface area contributed by atoms with Gasteiger partial charge in [-0.15, -0.1) is 0 Å². The first-order valence-corrected chi connectivity index (χ1v) is 7.79. The number of benzene rings is 1. The van der Waals surface area contributed by atoms with Crippen LogP contribution in [0.3, 0.4) is 0 Å². The van der Waals surface area contributed by atoms with E-state index in [-0.39, 0.29) is 15.5 Å². The third-order valence-electron chi connectivity index (χ3n) is 3.25. The second-order valence-electron chi connectivity index (χ2n) is 4.60. The maximum Gasteiger partial charge on any atom is 0.335 e. The van der Waals surface area contributed by atoms with Crippen molar-refractivity contribution in [3.8, 4) is 0 Å². The lowest BCUT2D eigenvalue weighted by Gasteiger charge is -2.25. The molecule has 0 atom stereocenters. The van der Waals surface area contributed by atoms with Gasteiger partial charge in [-0.25, -0.2) is 17.9 Å². The van der Waals surface area contributed by atoms with Gasteiger partial charge < -0.3 is 5.11 Å². The molecule has 5 nitrogen and oxygen atoms in total. The predicted molar refractivity (Wildman–Crippen MR) is 70.9 cm³/mol. The van der Waals surface area contributed by atoms with Crippen LogP contribution >= 0.6 is 11.6 Å². The Morgan fingerprint density at radius 3 is 2.63 bits per heavy atom. The maximum atomic E-state index is 12.1. The molecule has 1 aromatic rings. The van der Waals surface area contributed by atoms with Gasteiger partial charge in [0.05, 0.1) is 10.6 Å². The van der Waals surface area contributed by atoms with E-state index in [0.29, 0.717) is 12.5 Å². The first-order valence-electron chi connectivity index (χ1n) is 5.92. The normalized spacial score (nSPS) is 16.1. The van der Waals surface area contributed by atoms with E-state index in [4.69, 9.17) is 16.7 Å². The van der Waals surface area contributed by atoms with E-state index in [1.54, 1.807) is 0 Å². The maximum absolute atomic E-state index is 12.1. The van der Waals surface area contributed by atoms with Crippen molar-refractivity contribution in [3.05, 3.63) is 28.8 Å². The third-order valence-corrected chi connectivity index (χ3v) is 5.16. The van der Waals surface area contributed by atoms with Gasteiger partial charge in [0.15, 0.2) is 0 Å². The van der Waals surface area contributed by atoms with Crippen LogP contribution in [0.15, 0.2) is 23.1 Å². The number of sulfonamides is 1. The minimum absolute atomic E-state index is 0.0195. The van der Waals surface area contributed by atoms with Crippen LogP contribution in [0.4, 0.5) is 0 Å². The fraction of sp³-hybridized carbons (Fsp3) is 0.417. The largest absolute Gasteiger partial charge is 0.478 e. The summed E-state index contributed by atoms with van der Waals surface area (Å²) in [6.45, 7) is 0.371. The second kappa shape index (κ2) is 5.48.